The molecule has 37 heavy (non-hydrogen) atoms. The van der Waals surface area contributed by atoms with Crippen LogP contribution in [0.4, 0.5) is 10.2 Å². The lowest BCUT2D eigenvalue weighted by atomic mass is 9.82. The number of nitrogens with one attached hydrogen (secondary N) is 1. The predicted molar refractivity (Wildman–Crippen MR) is 138 cm³/mol. The number of anilines is 1. The predicted octanol–water partition coefficient (Wildman–Crippen LogP) is 2.91. The number of hydrogen-bond acceptors (Lipinski definition) is 10. The van der Waals surface area contributed by atoms with Crippen molar-refractivity contribution < 1.29 is 32.6 Å². The zero-order valence-electron chi connectivity index (χ0n) is 20.9. The van der Waals surface area contributed by atoms with Crippen LogP contribution in [0.25, 0.3) is 0 Å². The normalized spacial score (nSPS) is 26.0. The molecule has 4 N–H and O–H groups in total. The maximum absolute atomic E-state index is 15.6. The third-order valence-corrected chi connectivity index (χ3v) is 9.20. The van der Waals surface area contributed by atoms with Gasteiger partial charge in [-0.25, -0.2) is 13.8 Å². The van der Waals surface area contributed by atoms with Gasteiger partial charge in [0.15, 0.2) is 0 Å². The van der Waals surface area contributed by atoms with Crippen molar-refractivity contribution in [3.63, 3.8) is 0 Å². The number of nitrogens with zero attached hydrogens (tertiary/aromatic N) is 2. The van der Waals surface area contributed by atoms with Crippen LogP contribution in [0.3, 0.4) is 0 Å². The third-order valence-electron chi connectivity index (χ3n) is 5.81. The van der Waals surface area contributed by atoms with E-state index in [0.29, 0.717) is 0 Å². The van der Waals surface area contributed by atoms with Gasteiger partial charge in [-0.15, -0.1) is 11.8 Å². The van der Waals surface area contributed by atoms with E-state index < -0.39 is 60.4 Å². The maximum atomic E-state index is 15.6. The fourth-order valence-corrected chi connectivity index (χ4v) is 6.99. The molecule has 0 amide bonds. The van der Waals surface area contributed by atoms with Crippen molar-refractivity contribution in [2.45, 2.75) is 56.6 Å². The number of carbonyl (C=O) groups is 1. The van der Waals surface area contributed by atoms with Gasteiger partial charge in [-0.1, -0.05) is 25.1 Å². The molecule has 2 heterocycles. The number of esters is 1. The van der Waals surface area contributed by atoms with E-state index in [2.05, 4.69) is 10.1 Å². The third kappa shape index (κ3) is 6.91. The van der Waals surface area contributed by atoms with Crippen LogP contribution in [0.2, 0.25) is 0 Å². The number of aliphatic hydroxyl groups is 1. The molecule has 0 saturated carbocycles. The Bertz CT molecular complexity index is 1190. The first-order chi connectivity index (χ1) is 17.4. The summed E-state index contributed by atoms with van der Waals surface area (Å²) >= 11 is 1.03. The highest BCUT2D eigenvalue weighted by Crippen LogP contribution is 2.55. The monoisotopic (exact) mass is 558 g/mol. The molecule has 3 unspecified atom stereocenters. The zero-order chi connectivity index (χ0) is 27.4. The summed E-state index contributed by atoms with van der Waals surface area (Å²) in [4.78, 5) is 28.3. The van der Waals surface area contributed by atoms with Crippen molar-refractivity contribution in [2.24, 2.45) is 5.41 Å². The van der Waals surface area contributed by atoms with E-state index in [-0.39, 0.29) is 18.2 Å². The second kappa shape index (κ2) is 12.0. The summed E-state index contributed by atoms with van der Waals surface area (Å²) in [5, 5.41) is 10.9. The van der Waals surface area contributed by atoms with Gasteiger partial charge in [-0.05, 0) is 39.0 Å². The molecule has 0 spiro atoms. The molecule has 1 aliphatic heterocycles. The van der Waals surface area contributed by atoms with Gasteiger partial charge >= 0.3 is 19.4 Å². The molecule has 204 valence electrons. The van der Waals surface area contributed by atoms with Gasteiger partial charge in [0.05, 0.1) is 19.3 Å². The number of nitrogens with two attached hydrogens (primary N) is 1. The SMILES string of the molecule is CC(C)OC(=O)[C@H](C)NP(=O)(OC[C@H]1S[C@@H](n2ccc(N)nc2=O)C(F)C1(C)CO)Oc1ccccc1. The van der Waals surface area contributed by atoms with Gasteiger partial charge in [0.1, 0.15) is 29.2 Å². The Morgan fingerprint density at radius 3 is 2.59 bits per heavy atom. The Morgan fingerprint density at radius 1 is 1.32 bits per heavy atom. The molecule has 1 saturated heterocycles. The molecule has 0 bridgehead atoms. The molecule has 1 aromatic carbocycles. The summed E-state index contributed by atoms with van der Waals surface area (Å²) in [6.07, 6.45) is -0.735. The van der Waals surface area contributed by atoms with Crippen LogP contribution >= 0.6 is 19.5 Å². The first kappa shape index (κ1) is 29.1. The topological polar surface area (TPSA) is 155 Å². The van der Waals surface area contributed by atoms with Gasteiger partial charge < -0.3 is 20.1 Å². The Kier molecular flexibility index (Phi) is 9.41. The van der Waals surface area contributed by atoms with Crippen molar-refractivity contribution in [1.82, 2.24) is 14.6 Å². The van der Waals surface area contributed by atoms with Gasteiger partial charge in [-0.2, -0.15) is 10.1 Å². The van der Waals surface area contributed by atoms with Crippen LogP contribution in [-0.4, -0.2) is 57.4 Å². The van der Waals surface area contributed by atoms with Crippen LogP contribution in [0.1, 0.15) is 33.1 Å². The number of ether oxygens (including phenoxy) is 1. The number of aromatic nitrogens is 2. The molecule has 1 aliphatic rings. The lowest BCUT2D eigenvalue weighted by Gasteiger charge is -2.31. The second-order valence-electron chi connectivity index (χ2n) is 9.16. The van der Waals surface area contributed by atoms with E-state index in [1.165, 1.54) is 26.1 Å². The summed E-state index contributed by atoms with van der Waals surface area (Å²) in [5.41, 5.74) is 3.44. The van der Waals surface area contributed by atoms with Crippen LogP contribution in [0.5, 0.6) is 5.75 Å². The first-order valence-electron chi connectivity index (χ1n) is 11.6. The molecule has 14 heteroatoms. The minimum atomic E-state index is -4.21. The average molecular weight is 559 g/mol. The minimum Gasteiger partial charge on any atom is -0.462 e. The number of nitrogen functional groups attached to an aromatic ring is 1. The number of carbonyl (C=O) groups excluding carboxylic acids is 1. The number of thioether (sulfide) groups is 1. The molecule has 0 radical (unpaired) electrons. The summed E-state index contributed by atoms with van der Waals surface area (Å²) in [6.45, 7) is 5.41. The van der Waals surface area contributed by atoms with Gasteiger partial charge in [-0.3, -0.25) is 13.9 Å². The molecule has 6 atom stereocenters. The average Bonchev–Trinajstić information content (AvgIpc) is 3.08. The van der Waals surface area contributed by atoms with Gasteiger partial charge in [0.25, 0.3) is 0 Å². The number of aliphatic hydroxyl groups excluding tert-OH is 1. The summed E-state index contributed by atoms with van der Waals surface area (Å²) in [5.74, 6) is -0.447. The number of halogens is 1. The molecular weight excluding hydrogens is 526 g/mol. The Balaban J connectivity index is 1.83. The minimum absolute atomic E-state index is 0.000328. The summed E-state index contributed by atoms with van der Waals surface area (Å²) in [6, 6.07) is 8.52. The number of hydrogen-bond donors (Lipinski definition) is 3. The smallest absolute Gasteiger partial charge is 0.459 e. The molecule has 0 aliphatic carbocycles. The molecular formula is C23H32FN4O7PS. The lowest BCUT2D eigenvalue weighted by molar-refractivity contribution is -0.149. The fraction of sp³-hybridized carbons (Fsp3) is 0.522. The van der Waals surface area contributed by atoms with Crippen molar-refractivity contribution in [2.75, 3.05) is 18.9 Å². The number of alkyl halides is 1. The molecule has 1 aromatic heterocycles. The highest BCUT2D eigenvalue weighted by atomic mass is 32.2. The standard InChI is InChI=1S/C23H32FN4O7PS/c1-14(2)34-21(30)15(3)27-36(32,35-16-8-6-5-7-9-16)33-12-17-23(4,13-29)19(24)20(37-17)28-11-10-18(25)26-22(28)31/h5-11,14-15,17,19-20,29H,12-13H2,1-4H3,(H,27,32)(H2,25,26,31)/t15-,17+,19?,20+,23?,36?/m0/s1. The van der Waals surface area contributed by atoms with Crippen LogP contribution < -0.4 is 21.0 Å². The Morgan fingerprint density at radius 2 is 2.00 bits per heavy atom. The summed E-state index contributed by atoms with van der Waals surface area (Å²) in [7, 11) is -4.21. The van der Waals surface area contributed by atoms with E-state index in [4.69, 9.17) is 19.5 Å². The highest BCUT2D eigenvalue weighted by molar-refractivity contribution is 8.00. The molecule has 1 fully saturated rings. The number of benzene rings is 1. The van der Waals surface area contributed by atoms with Crippen LogP contribution in [0, 0.1) is 5.41 Å². The highest BCUT2D eigenvalue weighted by Gasteiger charge is 2.55. The molecule has 2 aromatic rings. The fourth-order valence-electron chi connectivity index (χ4n) is 3.64. The van der Waals surface area contributed by atoms with Crippen molar-refractivity contribution in [3.8, 4) is 5.75 Å². The Labute approximate surface area is 218 Å². The van der Waals surface area contributed by atoms with Crippen molar-refractivity contribution in [3.05, 3.63) is 53.1 Å². The van der Waals surface area contributed by atoms with Crippen molar-refractivity contribution >= 4 is 31.3 Å². The lowest BCUT2D eigenvalue weighted by Crippen LogP contribution is -2.42. The number of rotatable bonds is 11. The summed E-state index contributed by atoms with van der Waals surface area (Å²) < 4.78 is 47.0. The van der Waals surface area contributed by atoms with Crippen LogP contribution in [0.15, 0.2) is 47.4 Å². The van der Waals surface area contributed by atoms with Gasteiger partial charge in [0, 0.05) is 16.9 Å². The van der Waals surface area contributed by atoms with E-state index in [1.807, 2.05) is 0 Å². The molecule has 3 rings (SSSR count). The van der Waals surface area contributed by atoms with Gasteiger partial charge in [0.2, 0.25) is 0 Å². The maximum Gasteiger partial charge on any atom is 0.459 e. The van der Waals surface area contributed by atoms with E-state index in [1.54, 1.807) is 44.2 Å². The van der Waals surface area contributed by atoms with E-state index >= 15 is 4.39 Å². The van der Waals surface area contributed by atoms with E-state index in [9.17, 15) is 19.3 Å². The van der Waals surface area contributed by atoms with Crippen molar-refractivity contribution in [1.29, 1.82) is 0 Å². The Hall–Kier alpha value is -2.44. The van der Waals surface area contributed by atoms with Crippen LogP contribution in [-0.2, 0) is 18.6 Å². The number of para-hydroxylation sites is 1. The quantitative estimate of drug-likeness (QED) is 0.275. The zero-order valence-corrected chi connectivity index (χ0v) is 22.7. The second-order valence-corrected chi connectivity index (χ2v) is 12.2. The largest absolute Gasteiger partial charge is 0.462 e. The van der Waals surface area contributed by atoms with E-state index in [0.717, 1.165) is 16.3 Å². The first-order valence-corrected chi connectivity index (χ1v) is 14.1. The molecule has 11 nitrogen and oxygen atoms in total.